The van der Waals surface area contributed by atoms with Gasteiger partial charge in [-0.2, -0.15) is 0 Å². The van der Waals surface area contributed by atoms with Crippen LogP contribution < -0.4 is 10.2 Å². The molecular formula is C63H107N2O7P. The lowest BCUT2D eigenvalue weighted by molar-refractivity contribution is -0.870. The molecule has 0 aromatic carbocycles. The molecule has 0 aliphatic rings. The molecule has 3 N–H and O–H groups in total. The largest absolute Gasteiger partial charge is 0.756 e. The van der Waals surface area contributed by atoms with Crippen molar-refractivity contribution in [3.05, 3.63) is 134 Å². The van der Waals surface area contributed by atoms with Gasteiger partial charge in [0, 0.05) is 6.42 Å². The summed E-state index contributed by atoms with van der Waals surface area (Å²) in [6, 6.07) is -1.11. The van der Waals surface area contributed by atoms with E-state index in [4.69, 9.17) is 9.05 Å². The number of phosphoric acid groups is 1. The summed E-state index contributed by atoms with van der Waals surface area (Å²) in [5.74, 6) is -0.310. The van der Waals surface area contributed by atoms with Gasteiger partial charge >= 0.3 is 0 Å². The highest BCUT2D eigenvalue weighted by Crippen LogP contribution is 2.38. The minimum atomic E-state index is -4.69. The third kappa shape index (κ3) is 53.2. The van der Waals surface area contributed by atoms with Gasteiger partial charge in [-0.1, -0.05) is 212 Å². The predicted octanol–water partition coefficient (Wildman–Crippen LogP) is 15.9. The molecule has 4 atom stereocenters. The van der Waals surface area contributed by atoms with Crippen LogP contribution in [0, 0.1) is 0 Å². The third-order valence-corrected chi connectivity index (χ3v) is 12.9. The lowest BCUT2D eigenvalue weighted by atomic mass is 10.0. The number of aliphatic hydroxyl groups is 2. The van der Waals surface area contributed by atoms with Crippen LogP contribution in [0.1, 0.15) is 200 Å². The van der Waals surface area contributed by atoms with E-state index < -0.39 is 32.7 Å². The van der Waals surface area contributed by atoms with Crippen LogP contribution in [0.2, 0.25) is 0 Å². The molecule has 0 bridgehead atoms. The van der Waals surface area contributed by atoms with Crippen molar-refractivity contribution in [3.8, 4) is 0 Å². The standard InChI is InChI=1S/C63H107N2O7P/c1-6-8-10-12-14-16-18-20-21-22-23-24-25-26-27-28-29-30-31-32-33-34-35-36-37-38-39-40-41-42-43-44-46-48-50-52-54-56-62(67)64-60(59-72-73(69,70)71-58-57-65(3,4)5)63(68)61(66)55-53-51-49-47-45-19-17-15-13-11-9-7-2/h8,10,14,16,20-21,23-24,26-27,29-30,32-33,35-36,38-39,41-42,47,49,60-61,63,66,68H,6-7,9,11-13,15,17-19,22,25,28,31,34,37,40,43-46,48,50-59H2,1-5H3,(H-,64,67,69,70)/b10-8-,16-14-,21-20-,24-23-,27-26-,30-29-,33-32-,36-35-,39-38-,42-41-,49-47+. The fourth-order valence-electron chi connectivity index (χ4n) is 7.46. The predicted molar refractivity (Wildman–Crippen MR) is 312 cm³/mol. The molecule has 0 radical (unpaired) electrons. The number of quaternary nitrogens is 1. The Kier molecular flexibility index (Phi) is 49.6. The van der Waals surface area contributed by atoms with Crippen molar-refractivity contribution in [2.75, 3.05) is 40.9 Å². The molecule has 0 fully saturated rings. The van der Waals surface area contributed by atoms with Crippen molar-refractivity contribution in [2.45, 2.75) is 218 Å². The summed E-state index contributed by atoms with van der Waals surface area (Å²) in [6.07, 6.45) is 75.2. The fourth-order valence-corrected chi connectivity index (χ4v) is 8.18. The number of nitrogens with one attached hydrogen (secondary N) is 1. The molecule has 0 spiro atoms. The summed E-state index contributed by atoms with van der Waals surface area (Å²) < 4.78 is 23.2. The van der Waals surface area contributed by atoms with Crippen molar-refractivity contribution in [3.63, 3.8) is 0 Å². The van der Waals surface area contributed by atoms with Crippen LogP contribution in [0.15, 0.2) is 134 Å². The van der Waals surface area contributed by atoms with E-state index in [1.165, 1.54) is 44.9 Å². The SMILES string of the molecule is CC/C=C\C/C=C\C/C=C\C/C=C\C/C=C\C/C=C\C/C=C\C/C=C\C/C=C\C/C=C\CCCCCCCCC(=O)NC(COP(=O)([O-])OCC[N+](C)(C)C)C(O)C(O)CCC/C=C/CCCCCCCCC. The third-order valence-electron chi connectivity index (χ3n) is 12.0. The molecule has 0 saturated heterocycles. The second-order valence-electron chi connectivity index (χ2n) is 20.0. The van der Waals surface area contributed by atoms with Crippen LogP contribution in [0.3, 0.4) is 0 Å². The Bertz CT molecular complexity index is 1660. The first-order chi connectivity index (χ1) is 35.4. The van der Waals surface area contributed by atoms with Gasteiger partial charge in [0.2, 0.25) is 5.91 Å². The second kappa shape index (κ2) is 52.1. The zero-order valence-corrected chi connectivity index (χ0v) is 47.8. The van der Waals surface area contributed by atoms with Crippen molar-refractivity contribution in [2.24, 2.45) is 0 Å². The van der Waals surface area contributed by atoms with Crippen LogP contribution >= 0.6 is 7.82 Å². The summed E-state index contributed by atoms with van der Waals surface area (Å²) in [5.41, 5.74) is 0. The van der Waals surface area contributed by atoms with Gasteiger partial charge in [0.1, 0.15) is 19.3 Å². The zero-order chi connectivity index (χ0) is 53.6. The summed E-state index contributed by atoms with van der Waals surface area (Å²) in [6.45, 7) is 4.26. The molecule has 1 amide bonds. The van der Waals surface area contributed by atoms with Crippen molar-refractivity contribution in [1.82, 2.24) is 5.32 Å². The highest BCUT2D eigenvalue weighted by molar-refractivity contribution is 7.45. The second-order valence-corrected chi connectivity index (χ2v) is 21.4. The smallest absolute Gasteiger partial charge is 0.268 e. The first kappa shape index (κ1) is 69.6. The Morgan fingerprint density at radius 3 is 1.27 bits per heavy atom. The van der Waals surface area contributed by atoms with E-state index in [1.807, 2.05) is 21.1 Å². The number of allylic oxidation sites excluding steroid dienone is 22. The van der Waals surface area contributed by atoms with Gasteiger partial charge in [0.15, 0.2) is 0 Å². The molecule has 4 unspecified atom stereocenters. The van der Waals surface area contributed by atoms with Gasteiger partial charge in [0.25, 0.3) is 7.82 Å². The van der Waals surface area contributed by atoms with Crippen LogP contribution in [0.25, 0.3) is 0 Å². The zero-order valence-electron chi connectivity index (χ0n) is 46.9. The van der Waals surface area contributed by atoms with E-state index in [1.54, 1.807) is 0 Å². The number of hydrogen-bond donors (Lipinski definition) is 3. The number of rotatable bonds is 50. The van der Waals surface area contributed by atoms with Crippen LogP contribution in [0.5, 0.6) is 0 Å². The van der Waals surface area contributed by atoms with Gasteiger partial charge in [-0.25, -0.2) is 0 Å². The molecule has 0 rings (SSSR count). The molecule has 0 saturated carbocycles. The van der Waals surface area contributed by atoms with Crippen molar-refractivity contribution < 1.29 is 38.0 Å². The number of hydrogen-bond acceptors (Lipinski definition) is 7. The summed E-state index contributed by atoms with van der Waals surface area (Å²) >= 11 is 0. The Balaban J connectivity index is 4.26. The maximum Gasteiger partial charge on any atom is 0.268 e. The number of likely N-dealkylation sites (N-methyl/N-ethyl adjacent to an activating group) is 1. The van der Waals surface area contributed by atoms with Crippen LogP contribution in [0.4, 0.5) is 0 Å². The summed E-state index contributed by atoms with van der Waals surface area (Å²) in [5, 5.41) is 24.7. The Morgan fingerprint density at radius 1 is 0.507 bits per heavy atom. The minimum Gasteiger partial charge on any atom is -0.756 e. The summed E-state index contributed by atoms with van der Waals surface area (Å²) in [7, 11) is 1.07. The molecule has 0 aliphatic carbocycles. The topological polar surface area (TPSA) is 128 Å². The molecule has 0 aliphatic heterocycles. The van der Waals surface area contributed by atoms with Crippen molar-refractivity contribution in [1.29, 1.82) is 0 Å². The normalized spacial score (nSPS) is 15.3. The highest BCUT2D eigenvalue weighted by atomic mass is 31.2. The number of unbranched alkanes of at least 4 members (excludes halogenated alkanes) is 14. The van der Waals surface area contributed by atoms with Crippen LogP contribution in [-0.2, 0) is 18.4 Å². The van der Waals surface area contributed by atoms with E-state index in [9.17, 15) is 24.5 Å². The molecule has 0 heterocycles. The molecular weight excluding hydrogens is 928 g/mol. The average Bonchev–Trinajstić information content (AvgIpc) is 3.35. The molecule has 0 aromatic heterocycles. The van der Waals surface area contributed by atoms with E-state index in [2.05, 4.69) is 153 Å². The van der Waals surface area contributed by atoms with E-state index in [-0.39, 0.29) is 18.9 Å². The first-order valence-corrected chi connectivity index (χ1v) is 30.1. The lowest BCUT2D eigenvalue weighted by Crippen LogP contribution is -2.51. The Labute approximate surface area is 448 Å². The number of carbonyl (C=O) groups is 1. The Hall–Kier alpha value is -3.40. The number of carbonyl (C=O) groups excluding carboxylic acids is 1. The molecule has 0 aromatic rings. The van der Waals surface area contributed by atoms with Crippen molar-refractivity contribution >= 4 is 13.7 Å². The molecule has 416 valence electrons. The maximum absolute atomic E-state index is 13.0. The van der Waals surface area contributed by atoms with Gasteiger partial charge in [-0.15, -0.1) is 0 Å². The number of aliphatic hydroxyl groups excluding tert-OH is 2. The molecule has 9 nitrogen and oxygen atoms in total. The van der Waals surface area contributed by atoms with Gasteiger partial charge in [-0.3, -0.25) is 9.36 Å². The molecule has 73 heavy (non-hydrogen) atoms. The summed E-state index contributed by atoms with van der Waals surface area (Å²) in [4.78, 5) is 25.5. The first-order valence-electron chi connectivity index (χ1n) is 28.6. The van der Waals surface area contributed by atoms with E-state index in [0.29, 0.717) is 30.3 Å². The maximum atomic E-state index is 13.0. The van der Waals surface area contributed by atoms with Crippen LogP contribution in [-0.4, -0.2) is 79.8 Å². The van der Waals surface area contributed by atoms with Gasteiger partial charge in [-0.05, 0) is 116 Å². The fraction of sp³-hybridized carbons (Fsp3) is 0.635. The minimum absolute atomic E-state index is 0.0565. The highest BCUT2D eigenvalue weighted by Gasteiger charge is 2.29. The lowest BCUT2D eigenvalue weighted by Gasteiger charge is -2.31. The van der Waals surface area contributed by atoms with Gasteiger partial charge in [0.05, 0.1) is 39.9 Å². The van der Waals surface area contributed by atoms with E-state index >= 15 is 0 Å². The number of phosphoric ester groups is 1. The average molecular weight is 1040 g/mol. The monoisotopic (exact) mass is 1030 g/mol. The number of amides is 1. The number of nitrogens with zero attached hydrogens (tertiary/aromatic N) is 1. The van der Waals surface area contributed by atoms with Gasteiger partial charge < -0.3 is 34.0 Å². The quantitative estimate of drug-likeness (QED) is 0.0240. The molecule has 10 heteroatoms. The van der Waals surface area contributed by atoms with E-state index in [0.717, 1.165) is 116 Å². The Morgan fingerprint density at radius 2 is 0.863 bits per heavy atom.